The van der Waals surface area contributed by atoms with Gasteiger partial charge in [0.25, 0.3) is 0 Å². The van der Waals surface area contributed by atoms with Crippen molar-refractivity contribution in [3.63, 3.8) is 0 Å². The third-order valence-corrected chi connectivity index (χ3v) is 13.7. The van der Waals surface area contributed by atoms with Gasteiger partial charge in [-0.25, -0.2) is 4.79 Å². The van der Waals surface area contributed by atoms with Gasteiger partial charge in [-0.2, -0.15) is 0 Å². The summed E-state index contributed by atoms with van der Waals surface area (Å²) in [6, 6.07) is 12.4. The van der Waals surface area contributed by atoms with E-state index in [4.69, 9.17) is 16.2 Å². The van der Waals surface area contributed by atoms with Gasteiger partial charge in [0.05, 0.1) is 6.04 Å². The maximum atomic E-state index is 13.8. The van der Waals surface area contributed by atoms with Gasteiger partial charge in [0.15, 0.2) is 0 Å². The van der Waals surface area contributed by atoms with Gasteiger partial charge in [0, 0.05) is 44.3 Å². The zero-order chi connectivity index (χ0) is 45.4. The van der Waals surface area contributed by atoms with Crippen molar-refractivity contribution in [1.29, 1.82) is 0 Å². The highest BCUT2D eigenvalue weighted by molar-refractivity contribution is 7.78. The van der Waals surface area contributed by atoms with E-state index in [1.165, 1.54) is 11.1 Å². The van der Waals surface area contributed by atoms with E-state index in [9.17, 15) is 33.9 Å². The first kappa shape index (κ1) is 49.2. The smallest absolute Gasteiger partial charge is 0.407 e. The fourth-order valence-corrected chi connectivity index (χ4v) is 10.3. The van der Waals surface area contributed by atoms with E-state index in [2.05, 4.69) is 57.1 Å². The molecule has 2 aromatic carbocycles. The molecular formula is C46H68N8O8S. The Labute approximate surface area is 376 Å². The van der Waals surface area contributed by atoms with Gasteiger partial charge >= 0.3 is 6.09 Å². The van der Waals surface area contributed by atoms with Crippen LogP contribution in [0.4, 0.5) is 4.79 Å². The van der Waals surface area contributed by atoms with Crippen LogP contribution in [0.1, 0.15) is 113 Å². The molecule has 5 rings (SSSR count). The molecule has 0 aromatic heterocycles. The second kappa shape index (κ2) is 24.3. The maximum Gasteiger partial charge on any atom is 0.407 e. The number of alkyl carbamates (subject to hydrolysis) is 1. The minimum absolute atomic E-state index is 0.0938. The summed E-state index contributed by atoms with van der Waals surface area (Å²) in [6.45, 7) is 3.27. The number of ether oxygens (including phenoxy) is 1. The Hall–Kier alpha value is -4.87. The molecule has 0 bridgehead atoms. The number of unbranched alkanes of at least 4 members (excludes halogenated alkanes) is 2. The van der Waals surface area contributed by atoms with Crippen molar-refractivity contribution in [2.24, 2.45) is 28.7 Å². The van der Waals surface area contributed by atoms with Crippen molar-refractivity contribution in [2.45, 2.75) is 133 Å². The van der Waals surface area contributed by atoms with Crippen molar-refractivity contribution in [3.05, 3.63) is 65.2 Å². The van der Waals surface area contributed by atoms with Crippen LogP contribution in [0.3, 0.4) is 0 Å². The number of amides is 6. The molecular weight excluding hydrogens is 825 g/mol. The zero-order valence-electron chi connectivity index (χ0n) is 36.5. The highest BCUT2D eigenvalue weighted by atomic mass is 32.1. The van der Waals surface area contributed by atoms with Crippen LogP contribution in [0.2, 0.25) is 0 Å². The highest BCUT2D eigenvalue weighted by Crippen LogP contribution is 2.61. The van der Waals surface area contributed by atoms with Crippen LogP contribution < -0.4 is 42.8 Å². The fourth-order valence-electron chi connectivity index (χ4n) is 10.0. The number of aromatic hydroxyl groups is 1. The van der Waals surface area contributed by atoms with Gasteiger partial charge < -0.3 is 47.9 Å². The first-order chi connectivity index (χ1) is 30.3. The lowest BCUT2D eigenvalue weighted by Crippen LogP contribution is -2.55. The lowest BCUT2D eigenvalue weighted by atomic mass is 9.55. The summed E-state index contributed by atoms with van der Waals surface area (Å²) < 4.78 is 8.62. The molecule has 2 saturated carbocycles. The molecule has 0 aliphatic heterocycles. The van der Waals surface area contributed by atoms with E-state index in [-0.39, 0.29) is 49.8 Å². The Bertz CT molecular complexity index is 1870. The largest absolute Gasteiger partial charge is 0.508 e. The Morgan fingerprint density at radius 2 is 1.54 bits per heavy atom. The summed E-state index contributed by atoms with van der Waals surface area (Å²) in [7, 11) is 0. The van der Waals surface area contributed by atoms with E-state index < -0.39 is 47.8 Å². The minimum Gasteiger partial charge on any atom is -0.508 e. The van der Waals surface area contributed by atoms with Crippen LogP contribution in [0.25, 0.3) is 0 Å². The monoisotopic (exact) mass is 892 g/mol. The average molecular weight is 893 g/mol. The topological polar surface area (TPSA) is 256 Å². The molecule has 7 unspecified atom stereocenters. The standard InChI is InChI=1S/C46H68N8O8S/c1-46-22-21-33-32-16-14-31(55)28-30(32)13-15-34(33)35(46)17-18-39(46)62-45(61)51-26-25-50-43(59)37(12-5-7-23-47)53-44(60)38(27-29-9-3-2-4-10-29)52-41(57)20-19-40(56)49-24-8-6-11-36(54-63)42(48)58/h2-4,9-10,14,16,28,33-39,54-55,63H,5-8,11-13,15,17-27,47H2,1H3,(H2,48,58)(H,49,56)(H,50,59)(H,51,61)(H,52,57)(H,53,60)/t33?,34?,35?,36-,37?,38?,39?,46?/m0/s1. The number of benzene rings is 2. The van der Waals surface area contributed by atoms with E-state index in [1.807, 2.05) is 36.4 Å². The number of nitrogens with two attached hydrogens (primary N) is 2. The van der Waals surface area contributed by atoms with Crippen molar-refractivity contribution in [3.8, 4) is 5.75 Å². The number of carbonyl (C=O) groups excluding carboxylic acids is 6. The van der Waals surface area contributed by atoms with Crippen LogP contribution >= 0.6 is 12.8 Å². The Morgan fingerprint density at radius 1 is 0.810 bits per heavy atom. The predicted molar refractivity (Wildman–Crippen MR) is 242 cm³/mol. The molecule has 63 heavy (non-hydrogen) atoms. The maximum absolute atomic E-state index is 13.8. The predicted octanol–water partition coefficient (Wildman–Crippen LogP) is 3.16. The number of hydrogen-bond donors (Lipinski definition) is 10. The van der Waals surface area contributed by atoms with Crippen molar-refractivity contribution >= 4 is 48.4 Å². The summed E-state index contributed by atoms with van der Waals surface area (Å²) in [5.41, 5.74) is 14.3. The van der Waals surface area contributed by atoms with Crippen LogP contribution in [0, 0.1) is 17.3 Å². The summed E-state index contributed by atoms with van der Waals surface area (Å²) in [5, 5.41) is 24.0. The molecule has 0 radical (unpaired) electrons. The van der Waals surface area contributed by atoms with Crippen molar-refractivity contribution < 1.29 is 38.6 Å². The molecule has 346 valence electrons. The third-order valence-electron chi connectivity index (χ3n) is 13.4. The van der Waals surface area contributed by atoms with Gasteiger partial charge in [-0.05, 0) is 130 Å². The number of carbonyl (C=O) groups is 6. The second-order valence-corrected chi connectivity index (χ2v) is 17.9. The summed E-state index contributed by atoms with van der Waals surface area (Å²) in [4.78, 5) is 77.3. The number of thiol groups is 1. The van der Waals surface area contributed by atoms with E-state index >= 15 is 0 Å². The average Bonchev–Trinajstić information content (AvgIpc) is 3.60. The van der Waals surface area contributed by atoms with Crippen molar-refractivity contribution in [2.75, 3.05) is 26.2 Å². The normalized spacial score (nSPS) is 22.5. The number of aryl methyl sites for hydroxylation is 1. The molecule has 2 fully saturated rings. The SMILES string of the molecule is CC12CCC3c4ccc(O)cc4CCC3C1CCC2OC(=O)NCCNC(=O)C(CCCCN)NC(=O)C(Cc1ccccc1)NC(=O)CCC(=O)NCCCC[C@H](NS)C(N)=O. The number of phenolic OH excluding ortho intramolecular Hbond substituents is 1. The molecule has 11 N–H and O–H groups in total. The first-order valence-electron chi connectivity index (χ1n) is 22.7. The molecule has 0 spiro atoms. The molecule has 2 aromatic rings. The van der Waals surface area contributed by atoms with E-state index in [0.717, 1.165) is 44.1 Å². The van der Waals surface area contributed by atoms with Crippen molar-refractivity contribution in [1.82, 2.24) is 31.3 Å². The number of phenols is 1. The Kier molecular flexibility index (Phi) is 18.9. The van der Waals surface area contributed by atoms with Gasteiger partial charge in [-0.15, -0.1) is 0 Å². The number of rotatable bonds is 24. The minimum atomic E-state index is -1.03. The van der Waals surface area contributed by atoms with Crippen LogP contribution in [0.15, 0.2) is 48.5 Å². The molecule has 6 amide bonds. The van der Waals surface area contributed by atoms with Crippen LogP contribution in [-0.2, 0) is 41.6 Å². The number of primary amides is 1. The van der Waals surface area contributed by atoms with Crippen LogP contribution in [-0.4, -0.2) is 91.1 Å². The van der Waals surface area contributed by atoms with Gasteiger partial charge in [0.2, 0.25) is 29.5 Å². The Balaban J connectivity index is 1.08. The third kappa shape index (κ3) is 14.1. The summed E-state index contributed by atoms with van der Waals surface area (Å²) in [6.07, 6.45) is 8.19. The first-order valence-corrected chi connectivity index (χ1v) is 23.1. The molecule has 0 saturated heterocycles. The van der Waals surface area contributed by atoms with E-state index in [0.29, 0.717) is 75.1 Å². The van der Waals surface area contributed by atoms with Gasteiger partial charge in [-0.3, -0.25) is 28.7 Å². The lowest BCUT2D eigenvalue weighted by molar-refractivity contribution is -0.132. The number of hydrogen-bond acceptors (Lipinski definition) is 11. The van der Waals surface area contributed by atoms with Gasteiger partial charge in [0.1, 0.15) is 23.9 Å². The lowest BCUT2D eigenvalue weighted by Gasteiger charge is -2.50. The summed E-state index contributed by atoms with van der Waals surface area (Å²) in [5.74, 6) is -0.575. The zero-order valence-corrected chi connectivity index (χ0v) is 37.4. The molecule has 8 atom stereocenters. The molecule has 3 aliphatic rings. The fraction of sp³-hybridized carbons (Fsp3) is 0.609. The summed E-state index contributed by atoms with van der Waals surface area (Å²) >= 11 is 3.90. The van der Waals surface area contributed by atoms with Gasteiger partial charge in [-0.1, -0.05) is 56.1 Å². The van der Waals surface area contributed by atoms with E-state index in [1.54, 1.807) is 6.07 Å². The number of nitrogens with one attached hydrogen (secondary N) is 6. The molecule has 17 heteroatoms. The Morgan fingerprint density at radius 3 is 2.29 bits per heavy atom. The molecule has 16 nitrogen and oxygen atoms in total. The molecule has 0 heterocycles. The molecule has 3 aliphatic carbocycles. The van der Waals surface area contributed by atoms with Crippen LogP contribution in [0.5, 0.6) is 5.75 Å². The quantitative estimate of drug-likeness (QED) is 0.0544. The second-order valence-electron chi connectivity index (χ2n) is 17.6. The highest BCUT2D eigenvalue weighted by Gasteiger charge is 2.56. The number of fused-ring (bicyclic) bond motifs is 5.